The Balaban J connectivity index is 1.98. The van der Waals surface area contributed by atoms with Crippen LogP contribution in [-0.2, 0) is 6.42 Å². The average Bonchev–Trinajstić information content (AvgIpc) is 3.00. The van der Waals surface area contributed by atoms with Crippen molar-refractivity contribution in [3.05, 3.63) is 75.3 Å². The molecule has 0 aliphatic heterocycles. The number of thiophene rings is 1. The molecule has 0 radical (unpaired) electrons. The van der Waals surface area contributed by atoms with Gasteiger partial charge in [-0.1, -0.05) is 19.4 Å². The lowest BCUT2D eigenvalue weighted by molar-refractivity contribution is 0.627. The van der Waals surface area contributed by atoms with Crippen molar-refractivity contribution in [1.82, 2.24) is 14.5 Å². The maximum Gasteiger partial charge on any atom is 0.267 e. The Bertz CT molecular complexity index is 1180. The standard InChI is InChI=1S/C21H18FN3OS2/c1-3-6-16-13(2)18-19(27-16)24-21(28-17-7-4-5-12-23-17)25(20(18)26)15-10-8-14(22)9-11-15/h4-5,7-12H,3,6H2,1-2H3. The Morgan fingerprint density at radius 1 is 1.18 bits per heavy atom. The Morgan fingerprint density at radius 2 is 1.96 bits per heavy atom. The summed E-state index contributed by atoms with van der Waals surface area (Å²) in [4.78, 5) is 24.5. The van der Waals surface area contributed by atoms with Crippen LogP contribution in [0.3, 0.4) is 0 Å². The van der Waals surface area contributed by atoms with E-state index in [1.807, 2.05) is 25.1 Å². The quantitative estimate of drug-likeness (QED) is 0.413. The van der Waals surface area contributed by atoms with Crippen LogP contribution in [0.5, 0.6) is 0 Å². The monoisotopic (exact) mass is 411 g/mol. The topological polar surface area (TPSA) is 47.8 Å². The van der Waals surface area contributed by atoms with Crippen molar-refractivity contribution in [3.8, 4) is 5.69 Å². The minimum atomic E-state index is -0.346. The predicted molar refractivity (Wildman–Crippen MR) is 112 cm³/mol. The van der Waals surface area contributed by atoms with Gasteiger partial charge in [-0.25, -0.2) is 14.4 Å². The number of fused-ring (bicyclic) bond motifs is 1. The number of hydrogen-bond acceptors (Lipinski definition) is 5. The Morgan fingerprint density at radius 3 is 2.64 bits per heavy atom. The fourth-order valence-corrected chi connectivity index (χ4v) is 5.25. The van der Waals surface area contributed by atoms with Crippen LogP contribution in [-0.4, -0.2) is 14.5 Å². The van der Waals surface area contributed by atoms with E-state index in [0.29, 0.717) is 16.2 Å². The molecular formula is C21H18FN3OS2. The molecule has 7 heteroatoms. The molecular weight excluding hydrogens is 393 g/mol. The van der Waals surface area contributed by atoms with E-state index < -0.39 is 0 Å². The fraction of sp³-hybridized carbons (Fsp3) is 0.190. The average molecular weight is 412 g/mol. The molecule has 0 aliphatic rings. The summed E-state index contributed by atoms with van der Waals surface area (Å²) in [5, 5.41) is 1.90. The molecule has 0 aliphatic carbocycles. The van der Waals surface area contributed by atoms with Gasteiger partial charge in [0.05, 0.1) is 11.1 Å². The van der Waals surface area contributed by atoms with E-state index in [4.69, 9.17) is 4.98 Å². The summed E-state index contributed by atoms with van der Waals surface area (Å²) in [5.41, 5.74) is 1.44. The van der Waals surface area contributed by atoms with Gasteiger partial charge in [0.1, 0.15) is 15.7 Å². The zero-order chi connectivity index (χ0) is 19.7. The summed E-state index contributed by atoms with van der Waals surface area (Å²) in [6.45, 7) is 4.10. The van der Waals surface area contributed by atoms with Gasteiger partial charge in [0, 0.05) is 11.1 Å². The molecule has 4 aromatic rings. The fourth-order valence-electron chi connectivity index (χ4n) is 3.06. The first-order chi connectivity index (χ1) is 13.6. The predicted octanol–water partition coefficient (Wildman–Crippen LogP) is 5.39. The molecule has 4 nitrogen and oxygen atoms in total. The third kappa shape index (κ3) is 3.47. The van der Waals surface area contributed by atoms with Crippen LogP contribution < -0.4 is 5.56 Å². The Kier molecular flexibility index (Phi) is 5.28. The summed E-state index contributed by atoms with van der Waals surface area (Å²) in [6.07, 6.45) is 3.64. The van der Waals surface area contributed by atoms with E-state index >= 15 is 0 Å². The van der Waals surface area contributed by atoms with Crippen molar-refractivity contribution in [1.29, 1.82) is 0 Å². The molecule has 28 heavy (non-hydrogen) atoms. The summed E-state index contributed by atoms with van der Waals surface area (Å²) >= 11 is 2.90. The molecule has 0 unspecified atom stereocenters. The first-order valence-corrected chi connectivity index (χ1v) is 10.6. The van der Waals surface area contributed by atoms with E-state index in [-0.39, 0.29) is 11.4 Å². The molecule has 4 rings (SSSR count). The second kappa shape index (κ2) is 7.85. The number of halogens is 1. The molecule has 0 fully saturated rings. The zero-order valence-electron chi connectivity index (χ0n) is 15.5. The molecule has 1 aromatic carbocycles. The summed E-state index contributed by atoms with van der Waals surface area (Å²) in [5.74, 6) is -0.346. The van der Waals surface area contributed by atoms with E-state index in [9.17, 15) is 9.18 Å². The number of rotatable bonds is 5. The largest absolute Gasteiger partial charge is 0.268 e. The summed E-state index contributed by atoms with van der Waals surface area (Å²) in [6, 6.07) is 11.5. The second-order valence-electron chi connectivity index (χ2n) is 6.36. The SMILES string of the molecule is CCCc1sc2nc(Sc3ccccn3)n(-c3ccc(F)cc3)c(=O)c2c1C. The van der Waals surface area contributed by atoms with Gasteiger partial charge in [0.25, 0.3) is 5.56 Å². The lowest BCUT2D eigenvalue weighted by Crippen LogP contribution is -2.21. The summed E-state index contributed by atoms with van der Waals surface area (Å²) < 4.78 is 15.0. The summed E-state index contributed by atoms with van der Waals surface area (Å²) in [7, 11) is 0. The van der Waals surface area contributed by atoms with Crippen LogP contribution in [0, 0.1) is 12.7 Å². The molecule has 0 bridgehead atoms. The van der Waals surface area contributed by atoms with Crippen LogP contribution in [0.4, 0.5) is 4.39 Å². The van der Waals surface area contributed by atoms with E-state index in [1.54, 1.807) is 34.2 Å². The highest BCUT2D eigenvalue weighted by atomic mass is 32.2. The lowest BCUT2D eigenvalue weighted by Gasteiger charge is -2.12. The lowest BCUT2D eigenvalue weighted by atomic mass is 10.1. The van der Waals surface area contributed by atoms with E-state index in [0.717, 1.165) is 28.3 Å². The number of pyridine rings is 1. The Hall–Kier alpha value is -2.51. The molecule has 0 atom stereocenters. The maximum atomic E-state index is 13.5. The molecule has 0 amide bonds. The number of aryl methyl sites for hydroxylation is 2. The van der Waals surface area contributed by atoms with E-state index in [2.05, 4.69) is 11.9 Å². The zero-order valence-corrected chi connectivity index (χ0v) is 17.1. The van der Waals surface area contributed by atoms with E-state index in [1.165, 1.54) is 28.8 Å². The van der Waals surface area contributed by atoms with Crippen molar-refractivity contribution < 1.29 is 4.39 Å². The van der Waals surface area contributed by atoms with Gasteiger partial charge in [-0.3, -0.25) is 9.36 Å². The highest BCUT2D eigenvalue weighted by molar-refractivity contribution is 7.99. The third-order valence-corrected chi connectivity index (χ3v) is 6.58. The first-order valence-electron chi connectivity index (χ1n) is 8.98. The second-order valence-corrected chi connectivity index (χ2v) is 8.43. The smallest absolute Gasteiger partial charge is 0.267 e. The van der Waals surface area contributed by atoms with Gasteiger partial charge in [0.2, 0.25) is 0 Å². The van der Waals surface area contributed by atoms with Crippen molar-refractivity contribution in [2.75, 3.05) is 0 Å². The van der Waals surface area contributed by atoms with Gasteiger partial charge in [-0.2, -0.15) is 0 Å². The first kappa shape index (κ1) is 18.8. The van der Waals surface area contributed by atoms with Gasteiger partial charge in [-0.05, 0) is 67.1 Å². The molecule has 0 N–H and O–H groups in total. The molecule has 0 spiro atoms. The van der Waals surface area contributed by atoms with Crippen LogP contribution in [0.25, 0.3) is 15.9 Å². The molecule has 0 saturated carbocycles. The highest BCUT2D eigenvalue weighted by Gasteiger charge is 2.19. The number of hydrogen-bond donors (Lipinski definition) is 0. The molecule has 0 saturated heterocycles. The number of nitrogens with zero attached hydrogens (tertiary/aromatic N) is 3. The van der Waals surface area contributed by atoms with Crippen LogP contribution in [0.2, 0.25) is 0 Å². The van der Waals surface area contributed by atoms with Crippen molar-refractivity contribution >= 4 is 33.3 Å². The molecule has 3 aromatic heterocycles. The van der Waals surface area contributed by atoms with Crippen LogP contribution in [0.15, 0.2) is 63.6 Å². The minimum absolute atomic E-state index is 0.133. The minimum Gasteiger partial charge on any atom is -0.268 e. The maximum absolute atomic E-state index is 13.5. The van der Waals surface area contributed by atoms with Crippen LogP contribution >= 0.6 is 23.1 Å². The van der Waals surface area contributed by atoms with Gasteiger partial charge >= 0.3 is 0 Å². The normalized spacial score (nSPS) is 11.2. The molecule has 142 valence electrons. The highest BCUT2D eigenvalue weighted by Crippen LogP contribution is 2.32. The number of aromatic nitrogens is 3. The number of benzene rings is 1. The van der Waals surface area contributed by atoms with Crippen molar-refractivity contribution in [2.45, 2.75) is 36.9 Å². The van der Waals surface area contributed by atoms with Crippen LogP contribution in [0.1, 0.15) is 23.8 Å². The van der Waals surface area contributed by atoms with Crippen molar-refractivity contribution in [3.63, 3.8) is 0 Å². The van der Waals surface area contributed by atoms with Gasteiger partial charge < -0.3 is 0 Å². The van der Waals surface area contributed by atoms with Gasteiger partial charge in [0.15, 0.2) is 5.16 Å². The van der Waals surface area contributed by atoms with Crippen molar-refractivity contribution in [2.24, 2.45) is 0 Å². The Labute approximate surface area is 170 Å². The molecule has 3 heterocycles. The third-order valence-electron chi connectivity index (χ3n) is 4.43. The van der Waals surface area contributed by atoms with Gasteiger partial charge in [-0.15, -0.1) is 11.3 Å².